The molecule has 1 aliphatic carbocycles. The van der Waals surface area contributed by atoms with E-state index in [4.69, 9.17) is 51.6 Å². The summed E-state index contributed by atoms with van der Waals surface area (Å²) < 4.78 is 33.8. The third kappa shape index (κ3) is 9.21. The van der Waals surface area contributed by atoms with Crippen molar-refractivity contribution in [1.29, 1.82) is 0 Å². The van der Waals surface area contributed by atoms with Gasteiger partial charge >= 0.3 is 24.0 Å². The van der Waals surface area contributed by atoms with E-state index in [0.717, 1.165) is 11.3 Å². The Labute approximate surface area is 309 Å². The van der Waals surface area contributed by atoms with Crippen LogP contribution in [0.2, 0.25) is 0 Å². The minimum Gasteiger partial charge on any atom is -0.497 e. The molecule has 0 radical (unpaired) electrons. The predicted molar refractivity (Wildman–Crippen MR) is 186 cm³/mol. The van der Waals surface area contributed by atoms with Crippen LogP contribution in [0.1, 0.15) is 65.4 Å². The Morgan fingerprint density at radius 3 is 2.16 bits per heavy atom. The molecule has 1 aromatic rings. The number of carbonyl (C=O) groups is 5. The average Bonchev–Trinajstić information content (AvgIpc) is 3.25. The van der Waals surface area contributed by atoms with Crippen molar-refractivity contribution >= 4 is 53.1 Å². The smallest absolute Gasteiger partial charge is 0.410 e. The number of amides is 2. The number of carbonyl (C=O) groups excluding carboxylic acids is 5. The Morgan fingerprint density at radius 1 is 0.941 bits per heavy atom. The van der Waals surface area contributed by atoms with Crippen molar-refractivity contribution in [3.05, 3.63) is 29.8 Å². The molecule has 2 amide bonds. The summed E-state index contributed by atoms with van der Waals surface area (Å²) in [4.78, 5) is 70.5. The zero-order valence-corrected chi connectivity index (χ0v) is 31.6. The molecular formula is C36H50Cl2N2O11. The fourth-order valence-corrected chi connectivity index (χ4v) is 8.23. The van der Waals surface area contributed by atoms with Gasteiger partial charge in [0.05, 0.1) is 43.7 Å². The number of rotatable bonds is 17. The minimum atomic E-state index is -1.33. The molecule has 13 nitrogen and oxygen atoms in total. The van der Waals surface area contributed by atoms with E-state index >= 15 is 0 Å². The minimum absolute atomic E-state index is 0.106. The number of likely N-dealkylation sites (tertiary alicyclic amines) is 2. The van der Waals surface area contributed by atoms with Crippen LogP contribution < -0.4 is 4.74 Å². The summed E-state index contributed by atoms with van der Waals surface area (Å²) in [5, 5.41) is 0. The summed E-state index contributed by atoms with van der Waals surface area (Å²) in [7, 11) is 1.61. The zero-order valence-electron chi connectivity index (χ0n) is 30.1. The number of alkyl halides is 2. The number of halogens is 2. The van der Waals surface area contributed by atoms with E-state index in [1.54, 1.807) is 39.7 Å². The third-order valence-electron chi connectivity index (χ3n) is 9.85. The second kappa shape index (κ2) is 17.5. The standard InChI is InChI=1S/C36H50Cl2N2O11/c1-6-48-28(41)18-36-27-13-15-39(33(45)51-34(2,3)4)32(36)35(22-49-29(42)19-37,23-50-30(43)20-38)17-26(27)31(44)40(36)14-7-8-16-47-21-24-9-11-25(46-5)12-10-24/h9-12,26-27,32H,6-8,13-23H2,1-5H3/t26-,27-,32+,36+/m1/s1. The van der Waals surface area contributed by atoms with Gasteiger partial charge in [-0.1, -0.05) is 12.1 Å². The number of ether oxygens (including phenoxy) is 6. The molecule has 2 heterocycles. The fraction of sp³-hybridized carbons (Fsp3) is 0.694. The Bertz CT molecular complexity index is 1380. The number of methoxy groups -OCH3 is 1. The van der Waals surface area contributed by atoms with Gasteiger partial charge in [-0.05, 0) is 77.0 Å². The van der Waals surface area contributed by atoms with Crippen LogP contribution in [-0.4, -0.2) is 115 Å². The number of piperidine rings is 1. The first-order valence-electron chi connectivity index (χ1n) is 17.4. The lowest BCUT2D eigenvalue weighted by Gasteiger charge is -2.62. The van der Waals surface area contributed by atoms with Crippen molar-refractivity contribution in [2.24, 2.45) is 17.3 Å². The van der Waals surface area contributed by atoms with E-state index in [-0.39, 0.29) is 57.6 Å². The maximum absolute atomic E-state index is 14.6. The van der Waals surface area contributed by atoms with Crippen molar-refractivity contribution in [2.75, 3.05) is 58.4 Å². The van der Waals surface area contributed by atoms with Gasteiger partial charge in [-0.2, -0.15) is 0 Å². The van der Waals surface area contributed by atoms with Crippen molar-refractivity contribution < 1.29 is 52.4 Å². The molecule has 3 aliphatic rings. The summed E-state index contributed by atoms with van der Waals surface area (Å²) in [6.45, 7) is 7.61. The summed E-state index contributed by atoms with van der Waals surface area (Å²) in [6, 6.07) is 6.60. The molecule has 0 spiro atoms. The van der Waals surface area contributed by atoms with Crippen molar-refractivity contribution in [3.63, 3.8) is 0 Å². The summed E-state index contributed by atoms with van der Waals surface area (Å²) >= 11 is 11.6. The van der Waals surface area contributed by atoms with Gasteiger partial charge in [0.15, 0.2) is 0 Å². The monoisotopic (exact) mass is 756 g/mol. The van der Waals surface area contributed by atoms with Gasteiger partial charge in [0.25, 0.3) is 0 Å². The van der Waals surface area contributed by atoms with Gasteiger partial charge in [0.2, 0.25) is 5.91 Å². The molecule has 3 fully saturated rings. The van der Waals surface area contributed by atoms with Crippen LogP contribution in [0, 0.1) is 17.3 Å². The lowest BCUT2D eigenvalue weighted by Crippen LogP contribution is -2.76. The molecule has 2 saturated heterocycles. The molecule has 51 heavy (non-hydrogen) atoms. The highest BCUT2D eigenvalue weighted by atomic mass is 35.5. The fourth-order valence-electron chi connectivity index (χ4n) is 8.08. The third-order valence-corrected chi connectivity index (χ3v) is 10.3. The van der Waals surface area contributed by atoms with Gasteiger partial charge in [-0.3, -0.25) is 19.2 Å². The second-order valence-electron chi connectivity index (χ2n) is 14.3. The first-order chi connectivity index (χ1) is 24.2. The maximum atomic E-state index is 14.6. The van der Waals surface area contributed by atoms with Gasteiger partial charge in [0, 0.05) is 25.6 Å². The summed E-state index contributed by atoms with van der Waals surface area (Å²) in [5.74, 6) is -3.30. The van der Waals surface area contributed by atoms with Gasteiger partial charge in [-0.15, -0.1) is 23.2 Å². The number of hydrogen-bond donors (Lipinski definition) is 0. The summed E-state index contributed by atoms with van der Waals surface area (Å²) in [6.07, 6.45) is 0.754. The van der Waals surface area contributed by atoms with E-state index in [1.165, 1.54) is 4.90 Å². The Kier molecular flexibility index (Phi) is 13.9. The number of nitrogens with zero attached hydrogens (tertiary/aromatic N) is 2. The zero-order chi connectivity index (χ0) is 37.4. The Morgan fingerprint density at radius 2 is 1.59 bits per heavy atom. The van der Waals surface area contributed by atoms with Gasteiger partial charge in [-0.25, -0.2) is 4.79 Å². The molecule has 1 aromatic carbocycles. The first kappa shape index (κ1) is 40.5. The molecule has 4 bridgehead atoms. The van der Waals surface area contributed by atoms with Crippen LogP contribution in [0.15, 0.2) is 24.3 Å². The summed E-state index contributed by atoms with van der Waals surface area (Å²) in [5.41, 5.74) is -2.52. The van der Waals surface area contributed by atoms with Crippen LogP contribution in [0.3, 0.4) is 0 Å². The lowest BCUT2D eigenvalue weighted by atomic mass is 9.52. The SMILES string of the molecule is CCOC(=O)C[C@]12[C@@H]3CCN(C(=O)OC(C)(C)C)[C@H]1C(COC(=O)CCl)(COC(=O)CCl)C[C@H]3C(=O)N2CCCCOCc1ccc(OC)cc1. The molecule has 0 N–H and O–H groups in total. The highest BCUT2D eigenvalue weighted by Crippen LogP contribution is 2.62. The van der Waals surface area contributed by atoms with Crippen LogP contribution >= 0.6 is 23.2 Å². The Hall–Kier alpha value is -3.29. The van der Waals surface area contributed by atoms with Gasteiger partial charge in [0.1, 0.15) is 36.3 Å². The average molecular weight is 758 g/mol. The van der Waals surface area contributed by atoms with E-state index in [2.05, 4.69) is 0 Å². The predicted octanol–water partition coefficient (Wildman–Crippen LogP) is 4.72. The van der Waals surface area contributed by atoms with Crippen LogP contribution in [0.5, 0.6) is 5.75 Å². The normalized spacial score (nSPS) is 23.4. The van der Waals surface area contributed by atoms with Crippen molar-refractivity contribution in [2.45, 2.75) is 83.6 Å². The molecular weight excluding hydrogens is 707 g/mol. The van der Waals surface area contributed by atoms with Crippen molar-refractivity contribution in [1.82, 2.24) is 9.80 Å². The lowest BCUT2D eigenvalue weighted by molar-refractivity contribution is -0.187. The highest BCUT2D eigenvalue weighted by molar-refractivity contribution is 6.26. The molecule has 15 heteroatoms. The number of hydrogen-bond acceptors (Lipinski definition) is 11. The topological polar surface area (TPSA) is 147 Å². The maximum Gasteiger partial charge on any atom is 0.410 e. The van der Waals surface area contributed by atoms with E-state index in [1.807, 2.05) is 24.3 Å². The second-order valence-corrected chi connectivity index (χ2v) is 14.8. The molecule has 0 aromatic heterocycles. The molecule has 2 aliphatic heterocycles. The van der Waals surface area contributed by atoms with E-state index < -0.39 is 64.3 Å². The molecule has 4 rings (SSSR count). The van der Waals surface area contributed by atoms with Crippen LogP contribution in [-0.2, 0) is 49.5 Å². The van der Waals surface area contributed by atoms with Crippen LogP contribution in [0.4, 0.5) is 4.79 Å². The highest BCUT2D eigenvalue weighted by Gasteiger charge is 2.75. The molecule has 1 saturated carbocycles. The molecule has 4 atom stereocenters. The van der Waals surface area contributed by atoms with Gasteiger partial charge < -0.3 is 38.2 Å². The van der Waals surface area contributed by atoms with Crippen molar-refractivity contribution in [3.8, 4) is 5.75 Å². The number of esters is 3. The Balaban J connectivity index is 1.72. The molecule has 0 unspecified atom stereocenters. The largest absolute Gasteiger partial charge is 0.497 e. The van der Waals surface area contributed by atoms with Crippen LogP contribution in [0.25, 0.3) is 0 Å². The van der Waals surface area contributed by atoms with E-state index in [0.29, 0.717) is 32.5 Å². The molecule has 284 valence electrons. The quantitative estimate of drug-likeness (QED) is 0.0942. The number of unbranched alkanes of at least 4 members (excludes halogenated alkanes) is 1. The number of benzene rings is 1. The first-order valence-corrected chi connectivity index (χ1v) is 18.4. The van der Waals surface area contributed by atoms with E-state index in [9.17, 15) is 24.0 Å².